The summed E-state index contributed by atoms with van der Waals surface area (Å²) in [6.45, 7) is 5.22. The number of nitrogens with two attached hydrogens (primary N) is 1. The molecule has 2 N–H and O–H groups in total. The summed E-state index contributed by atoms with van der Waals surface area (Å²) in [6.07, 6.45) is 7.40. The molecule has 3 heterocycles. The highest BCUT2D eigenvalue weighted by Crippen LogP contribution is 2.34. The number of unbranched alkanes of at least 4 members (excludes halogenated alkanes) is 1. The molecule has 0 aromatic carbocycles. The van der Waals surface area contributed by atoms with Gasteiger partial charge in [0.05, 0.1) is 16.1 Å². The van der Waals surface area contributed by atoms with Crippen LogP contribution in [0.4, 0.5) is 10.3 Å². The number of rotatable bonds is 5. The molecule has 0 unspecified atom stereocenters. The molecule has 0 atom stereocenters. The number of hydrogen-bond donors (Lipinski definition) is 1. The third kappa shape index (κ3) is 5.96. The maximum atomic E-state index is 13.7. The Hall–Kier alpha value is -1.64. The summed E-state index contributed by atoms with van der Waals surface area (Å²) in [5.41, 5.74) is 5.76. The normalized spacial score (nSPS) is 15.5. The summed E-state index contributed by atoms with van der Waals surface area (Å²) >= 11 is 1.50. The zero-order valence-corrected chi connectivity index (χ0v) is 16.6. The number of nitrogens with zero attached hydrogens (tertiary/aromatic N) is 4. The molecule has 1 aliphatic rings. The maximum absolute atomic E-state index is 13.7. The lowest BCUT2D eigenvalue weighted by Crippen LogP contribution is -2.29. The molecule has 8 heteroatoms. The second-order valence-electron chi connectivity index (χ2n) is 6.41. The van der Waals surface area contributed by atoms with Crippen LogP contribution in [0.3, 0.4) is 0 Å². The van der Waals surface area contributed by atoms with Crippen molar-refractivity contribution in [2.45, 2.75) is 38.5 Å². The summed E-state index contributed by atoms with van der Waals surface area (Å²) in [7, 11) is 3.86. The van der Waals surface area contributed by atoms with Crippen molar-refractivity contribution in [1.82, 2.24) is 19.9 Å². The number of ether oxygens (including phenoxy) is 1. The third-order valence-electron chi connectivity index (χ3n) is 4.29. The Bertz CT molecular complexity index is 669. The van der Waals surface area contributed by atoms with Gasteiger partial charge >= 0.3 is 0 Å². The Kier molecular flexibility index (Phi) is 8.34. The molecule has 26 heavy (non-hydrogen) atoms. The number of piperidine rings is 1. The van der Waals surface area contributed by atoms with Crippen LogP contribution in [-0.4, -0.2) is 53.7 Å². The molecule has 0 aliphatic carbocycles. The van der Waals surface area contributed by atoms with E-state index in [4.69, 9.17) is 10.5 Å². The first-order valence-corrected chi connectivity index (χ1v) is 9.78. The highest BCUT2D eigenvalue weighted by atomic mass is 32.1. The van der Waals surface area contributed by atoms with Crippen molar-refractivity contribution in [3.8, 4) is 10.6 Å². The zero-order valence-electron chi connectivity index (χ0n) is 15.7. The fourth-order valence-corrected chi connectivity index (χ4v) is 3.76. The third-order valence-corrected chi connectivity index (χ3v) is 5.46. The summed E-state index contributed by atoms with van der Waals surface area (Å²) in [5.74, 6) is 0.0839. The molecule has 3 rings (SSSR count). The van der Waals surface area contributed by atoms with Crippen molar-refractivity contribution in [2.75, 3.05) is 39.6 Å². The fraction of sp³-hybridized carbons (Fsp3) is 0.611. The minimum atomic E-state index is -0.460. The number of methoxy groups -OCH3 is 1. The zero-order chi connectivity index (χ0) is 18.9. The predicted molar refractivity (Wildman–Crippen MR) is 104 cm³/mol. The fourth-order valence-electron chi connectivity index (χ4n) is 2.68. The minimum absolute atomic E-state index is 0.0793. The number of halogens is 1. The molecule has 6 nitrogen and oxygen atoms in total. The summed E-state index contributed by atoms with van der Waals surface area (Å²) in [4.78, 5) is 15.1. The van der Waals surface area contributed by atoms with Gasteiger partial charge in [-0.2, -0.15) is 0 Å². The van der Waals surface area contributed by atoms with E-state index in [1.165, 1.54) is 24.2 Å². The van der Waals surface area contributed by atoms with E-state index in [-0.39, 0.29) is 11.6 Å². The van der Waals surface area contributed by atoms with E-state index in [0.29, 0.717) is 10.8 Å². The Morgan fingerprint density at radius 2 is 2.04 bits per heavy atom. The molecule has 0 spiro atoms. The number of likely N-dealkylation sites (tertiary alicyclic amines) is 1. The van der Waals surface area contributed by atoms with Crippen LogP contribution >= 0.6 is 11.3 Å². The molecule has 0 radical (unpaired) electrons. The number of anilines is 1. The van der Waals surface area contributed by atoms with E-state index < -0.39 is 5.82 Å². The first-order valence-electron chi connectivity index (χ1n) is 8.96. The van der Waals surface area contributed by atoms with Gasteiger partial charge in [-0.05, 0) is 39.4 Å². The highest BCUT2D eigenvalue weighted by Gasteiger charge is 2.22. The first-order chi connectivity index (χ1) is 12.5. The van der Waals surface area contributed by atoms with E-state index in [1.54, 1.807) is 13.3 Å². The molecule has 1 aliphatic heterocycles. The number of thiazole rings is 1. The monoisotopic (exact) mass is 381 g/mol. The van der Waals surface area contributed by atoms with Crippen LogP contribution in [0.25, 0.3) is 10.6 Å². The van der Waals surface area contributed by atoms with Crippen molar-refractivity contribution in [3.05, 3.63) is 23.2 Å². The van der Waals surface area contributed by atoms with Crippen LogP contribution in [0.1, 0.15) is 43.5 Å². The van der Waals surface area contributed by atoms with E-state index in [1.807, 2.05) is 0 Å². The summed E-state index contributed by atoms with van der Waals surface area (Å²) in [6, 6.07) is 0. The van der Waals surface area contributed by atoms with Crippen LogP contribution < -0.4 is 5.73 Å². The largest absolute Gasteiger partial charge is 0.385 e. The average Bonchev–Trinajstić information content (AvgIpc) is 3.13. The molecule has 2 aromatic heterocycles. The summed E-state index contributed by atoms with van der Waals surface area (Å²) < 4.78 is 18.5. The van der Waals surface area contributed by atoms with E-state index in [9.17, 15) is 4.39 Å². The minimum Gasteiger partial charge on any atom is -0.385 e. The van der Waals surface area contributed by atoms with Crippen molar-refractivity contribution < 1.29 is 9.13 Å². The van der Waals surface area contributed by atoms with Gasteiger partial charge in [-0.1, -0.05) is 13.3 Å². The molecule has 2 aromatic rings. The molecule has 0 bridgehead atoms. The van der Waals surface area contributed by atoms with Crippen molar-refractivity contribution in [1.29, 1.82) is 0 Å². The highest BCUT2D eigenvalue weighted by molar-refractivity contribution is 7.15. The lowest BCUT2D eigenvalue weighted by molar-refractivity contribution is 0.194. The Balaban J connectivity index is 0.000000352. The van der Waals surface area contributed by atoms with Gasteiger partial charge in [0.25, 0.3) is 0 Å². The first kappa shape index (κ1) is 20.7. The number of hydrogen-bond acceptors (Lipinski definition) is 7. The van der Waals surface area contributed by atoms with Crippen LogP contribution in [-0.2, 0) is 4.74 Å². The van der Waals surface area contributed by atoms with Gasteiger partial charge in [0, 0.05) is 25.8 Å². The van der Waals surface area contributed by atoms with E-state index in [2.05, 4.69) is 33.8 Å². The Morgan fingerprint density at radius 1 is 1.31 bits per heavy atom. The lowest BCUT2D eigenvalue weighted by atomic mass is 9.98. The van der Waals surface area contributed by atoms with Crippen molar-refractivity contribution in [3.63, 3.8) is 0 Å². The predicted octanol–water partition coefficient (Wildman–Crippen LogP) is 3.56. The molecule has 0 saturated carbocycles. The molecular weight excluding hydrogens is 353 g/mol. The quantitative estimate of drug-likeness (QED) is 0.798. The standard InChI is InChI=1S/C13H16FN5S.C5H12O/c1-19-4-2-8(3-5-19)12-16-7-10(20-12)11-9(14)6-17-13(15)18-11;1-3-4-5-6-2/h6-8H,2-5H2,1H3,(H2,15,17,18);3-5H2,1-2H3. The van der Waals surface area contributed by atoms with Crippen LogP contribution in [0, 0.1) is 5.82 Å². The van der Waals surface area contributed by atoms with Crippen LogP contribution in [0.2, 0.25) is 0 Å². The van der Waals surface area contributed by atoms with Gasteiger partial charge in [0.15, 0.2) is 5.82 Å². The SMILES string of the molecule is CCCCOC.CN1CCC(c2ncc(-c3nc(N)ncc3F)s2)CC1. The Labute approximate surface area is 158 Å². The van der Waals surface area contributed by atoms with Crippen molar-refractivity contribution in [2.24, 2.45) is 0 Å². The summed E-state index contributed by atoms with van der Waals surface area (Å²) in [5, 5.41) is 1.06. The molecule has 0 amide bonds. The molecule has 144 valence electrons. The molecule has 1 fully saturated rings. The van der Waals surface area contributed by atoms with Gasteiger partial charge in [0.1, 0.15) is 5.69 Å². The molecular formula is C18H28FN5OS. The van der Waals surface area contributed by atoms with Crippen LogP contribution in [0.5, 0.6) is 0 Å². The van der Waals surface area contributed by atoms with E-state index >= 15 is 0 Å². The average molecular weight is 382 g/mol. The number of nitrogen functional groups attached to an aromatic ring is 1. The van der Waals surface area contributed by atoms with Gasteiger partial charge in [0.2, 0.25) is 5.95 Å². The molecule has 1 saturated heterocycles. The number of aromatic nitrogens is 3. The van der Waals surface area contributed by atoms with Crippen molar-refractivity contribution >= 4 is 17.3 Å². The Morgan fingerprint density at radius 3 is 2.65 bits per heavy atom. The van der Waals surface area contributed by atoms with Gasteiger partial charge in [-0.25, -0.2) is 19.3 Å². The van der Waals surface area contributed by atoms with Gasteiger partial charge in [-0.3, -0.25) is 0 Å². The van der Waals surface area contributed by atoms with Crippen LogP contribution in [0.15, 0.2) is 12.4 Å². The van der Waals surface area contributed by atoms with E-state index in [0.717, 1.165) is 43.7 Å². The smallest absolute Gasteiger partial charge is 0.220 e. The van der Waals surface area contributed by atoms with Gasteiger partial charge < -0.3 is 15.4 Å². The second-order valence-corrected chi connectivity index (χ2v) is 7.47. The topological polar surface area (TPSA) is 77.2 Å². The van der Waals surface area contributed by atoms with Gasteiger partial charge in [-0.15, -0.1) is 11.3 Å². The maximum Gasteiger partial charge on any atom is 0.220 e. The second kappa shape index (κ2) is 10.5. The lowest BCUT2D eigenvalue weighted by Gasteiger charge is -2.27.